The maximum atomic E-state index is 10.8. The Bertz CT molecular complexity index is 454. The van der Waals surface area contributed by atoms with Crippen molar-refractivity contribution < 1.29 is 9.90 Å². The van der Waals surface area contributed by atoms with Crippen molar-refractivity contribution in [1.82, 2.24) is 9.36 Å². The highest BCUT2D eigenvalue weighted by molar-refractivity contribution is 7.09. The monoisotopic (exact) mass is 204 g/mol. The zero-order chi connectivity index (χ0) is 9.97. The van der Waals surface area contributed by atoms with Gasteiger partial charge in [-0.25, -0.2) is 9.78 Å². The van der Waals surface area contributed by atoms with Gasteiger partial charge < -0.3 is 5.11 Å². The van der Waals surface area contributed by atoms with E-state index >= 15 is 0 Å². The van der Waals surface area contributed by atoms with Crippen LogP contribution in [-0.4, -0.2) is 20.4 Å². The van der Waals surface area contributed by atoms with Gasteiger partial charge in [0, 0.05) is 17.8 Å². The summed E-state index contributed by atoms with van der Waals surface area (Å²) in [6, 6.07) is 6.08. The number of aromatic nitrogens is 2. The maximum absolute atomic E-state index is 10.8. The summed E-state index contributed by atoms with van der Waals surface area (Å²) in [4.78, 5) is 15.2. The topological polar surface area (TPSA) is 63.1 Å². The van der Waals surface area contributed by atoms with Crippen molar-refractivity contribution in [3.63, 3.8) is 0 Å². The second-order valence-corrected chi connectivity index (χ2v) is 3.23. The largest absolute Gasteiger partial charge is 0.476 e. The van der Waals surface area contributed by atoms with Crippen LogP contribution in [0.2, 0.25) is 0 Å². The molecule has 0 spiro atoms. The minimum atomic E-state index is -1.05. The Kier molecular flexibility index (Phi) is 2.24. The fourth-order valence-corrected chi connectivity index (χ4v) is 1.58. The van der Waals surface area contributed by atoms with E-state index < -0.39 is 5.97 Å². The van der Waals surface area contributed by atoms with Gasteiger partial charge in [0.05, 0.1) is 4.88 Å². The first-order chi connectivity index (χ1) is 6.79. The SMILES string of the molecule is O=C(O)c1ncccc1-c1[c][c]ns1. The minimum absolute atomic E-state index is 0.0152. The second kappa shape index (κ2) is 3.55. The van der Waals surface area contributed by atoms with Crippen molar-refractivity contribution in [2.75, 3.05) is 0 Å². The van der Waals surface area contributed by atoms with Crippen LogP contribution in [0, 0.1) is 12.3 Å². The molecule has 4 nitrogen and oxygen atoms in total. The van der Waals surface area contributed by atoms with Gasteiger partial charge in [0.25, 0.3) is 0 Å². The zero-order valence-corrected chi connectivity index (χ0v) is 7.71. The van der Waals surface area contributed by atoms with Crippen LogP contribution in [0.3, 0.4) is 0 Å². The molecule has 5 heteroatoms. The van der Waals surface area contributed by atoms with E-state index in [0.29, 0.717) is 10.4 Å². The average molecular weight is 204 g/mol. The smallest absolute Gasteiger partial charge is 0.355 e. The van der Waals surface area contributed by atoms with Gasteiger partial charge in [0.15, 0.2) is 5.69 Å². The van der Waals surface area contributed by atoms with E-state index in [2.05, 4.69) is 21.6 Å². The molecule has 2 aromatic rings. The number of nitrogens with zero attached hydrogens (tertiary/aromatic N) is 2. The molecule has 14 heavy (non-hydrogen) atoms. The summed E-state index contributed by atoms with van der Waals surface area (Å²) in [5, 5.41) is 8.86. The van der Waals surface area contributed by atoms with Crippen molar-refractivity contribution in [2.24, 2.45) is 0 Å². The third-order valence-electron chi connectivity index (χ3n) is 1.61. The summed E-state index contributed by atoms with van der Waals surface area (Å²) < 4.78 is 3.74. The van der Waals surface area contributed by atoms with Crippen LogP contribution in [0.1, 0.15) is 10.5 Å². The van der Waals surface area contributed by atoms with Crippen LogP contribution in [-0.2, 0) is 0 Å². The van der Waals surface area contributed by atoms with Gasteiger partial charge in [-0.3, -0.25) is 0 Å². The number of hydrogen-bond acceptors (Lipinski definition) is 4. The molecule has 0 bridgehead atoms. The van der Waals surface area contributed by atoms with Crippen molar-refractivity contribution in [3.05, 3.63) is 36.3 Å². The van der Waals surface area contributed by atoms with Crippen LogP contribution in [0.5, 0.6) is 0 Å². The van der Waals surface area contributed by atoms with E-state index in [-0.39, 0.29) is 5.69 Å². The quantitative estimate of drug-likeness (QED) is 0.805. The van der Waals surface area contributed by atoms with Crippen molar-refractivity contribution in [1.29, 1.82) is 0 Å². The number of hydrogen-bond donors (Lipinski definition) is 1. The number of carbonyl (C=O) groups is 1. The van der Waals surface area contributed by atoms with Crippen LogP contribution in [0.4, 0.5) is 0 Å². The Morgan fingerprint density at radius 3 is 3.07 bits per heavy atom. The number of rotatable bonds is 2. The zero-order valence-electron chi connectivity index (χ0n) is 6.89. The lowest BCUT2D eigenvalue weighted by atomic mass is 10.1. The summed E-state index contributed by atoms with van der Waals surface area (Å²) >= 11 is 1.14. The molecule has 0 aliphatic heterocycles. The average Bonchev–Trinajstić information content (AvgIpc) is 2.70. The first-order valence-electron chi connectivity index (χ1n) is 3.73. The Morgan fingerprint density at radius 2 is 2.43 bits per heavy atom. The molecule has 0 aromatic carbocycles. The molecule has 0 unspecified atom stereocenters. The lowest BCUT2D eigenvalue weighted by Crippen LogP contribution is -2.01. The van der Waals surface area contributed by atoms with E-state index in [1.54, 1.807) is 12.1 Å². The Hall–Kier alpha value is -1.75. The highest BCUT2D eigenvalue weighted by atomic mass is 32.1. The fraction of sp³-hybridized carbons (Fsp3) is 0. The van der Waals surface area contributed by atoms with Gasteiger partial charge in [-0.15, -0.1) is 0 Å². The van der Waals surface area contributed by atoms with Crippen LogP contribution >= 0.6 is 11.5 Å². The standard InChI is InChI=1S/C9H4N2O2S/c12-9(13)8-6(2-1-4-10-8)7-3-5-11-14-7/h1-2,4H,(H,12,13). The number of carboxylic acid groups (broad SMARTS) is 1. The summed E-state index contributed by atoms with van der Waals surface area (Å²) in [6.07, 6.45) is 3.96. The first-order valence-corrected chi connectivity index (χ1v) is 4.50. The molecule has 2 rings (SSSR count). The molecule has 0 aliphatic rings. The minimum Gasteiger partial charge on any atom is -0.476 e. The molecule has 0 fully saturated rings. The van der Waals surface area contributed by atoms with E-state index in [9.17, 15) is 4.79 Å². The van der Waals surface area contributed by atoms with Gasteiger partial charge in [-0.1, -0.05) is 0 Å². The molecule has 2 aromatic heterocycles. The highest BCUT2D eigenvalue weighted by Gasteiger charge is 2.13. The van der Waals surface area contributed by atoms with Crippen molar-refractivity contribution in [3.8, 4) is 10.4 Å². The van der Waals surface area contributed by atoms with Crippen LogP contribution in [0.15, 0.2) is 18.3 Å². The van der Waals surface area contributed by atoms with Crippen molar-refractivity contribution in [2.45, 2.75) is 0 Å². The fourth-order valence-electron chi connectivity index (χ4n) is 1.04. The molecular formula is C9H4N2O2S. The number of pyridine rings is 1. The van der Waals surface area contributed by atoms with E-state index in [1.807, 2.05) is 0 Å². The van der Waals surface area contributed by atoms with E-state index in [1.165, 1.54) is 6.20 Å². The van der Waals surface area contributed by atoms with Crippen molar-refractivity contribution >= 4 is 17.5 Å². The molecule has 2 radical (unpaired) electrons. The van der Waals surface area contributed by atoms with Gasteiger partial charge in [0.2, 0.25) is 0 Å². The van der Waals surface area contributed by atoms with Crippen LogP contribution in [0.25, 0.3) is 10.4 Å². The molecule has 0 saturated heterocycles. The summed E-state index contributed by atoms with van der Waals surface area (Å²) in [6.45, 7) is 0. The highest BCUT2D eigenvalue weighted by Crippen LogP contribution is 2.24. The van der Waals surface area contributed by atoms with Gasteiger partial charge in [0.1, 0.15) is 6.20 Å². The van der Waals surface area contributed by atoms with Gasteiger partial charge in [-0.05, 0) is 23.7 Å². The molecule has 2 heterocycles. The number of aromatic carboxylic acids is 1. The Morgan fingerprint density at radius 1 is 1.57 bits per heavy atom. The number of carboxylic acids is 1. The Balaban J connectivity index is 2.58. The lowest BCUT2D eigenvalue weighted by molar-refractivity contribution is 0.0691. The van der Waals surface area contributed by atoms with Crippen LogP contribution < -0.4 is 0 Å². The van der Waals surface area contributed by atoms with Gasteiger partial charge >= 0.3 is 5.97 Å². The molecule has 0 atom stereocenters. The lowest BCUT2D eigenvalue weighted by Gasteiger charge is -1.99. The molecule has 68 valence electrons. The Labute approximate surface area is 84.0 Å². The summed E-state index contributed by atoms with van der Waals surface area (Å²) in [5.41, 5.74) is 0.542. The summed E-state index contributed by atoms with van der Waals surface area (Å²) in [5.74, 6) is -1.05. The second-order valence-electron chi connectivity index (χ2n) is 2.45. The summed E-state index contributed by atoms with van der Waals surface area (Å²) in [7, 11) is 0. The third-order valence-corrected chi connectivity index (χ3v) is 2.29. The molecule has 0 amide bonds. The molecule has 0 aliphatic carbocycles. The molecule has 0 saturated carbocycles. The molecule has 1 N–H and O–H groups in total. The van der Waals surface area contributed by atoms with E-state index in [4.69, 9.17) is 5.11 Å². The first kappa shape index (κ1) is 8.83. The van der Waals surface area contributed by atoms with Gasteiger partial charge in [-0.2, -0.15) is 4.37 Å². The predicted molar refractivity (Wildman–Crippen MR) is 50.0 cm³/mol. The van der Waals surface area contributed by atoms with E-state index in [0.717, 1.165) is 11.5 Å². The third kappa shape index (κ3) is 1.49. The maximum Gasteiger partial charge on any atom is 0.355 e. The normalized spacial score (nSPS) is 10.0. The predicted octanol–water partition coefficient (Wildman–Crippen LogP) is 1.50. The molecular weight excluding hydrogens is 200 g/mol.